The Morgan fingerprint density at radius 1 is 1.29 bits per heavy atom. The number of esters is 2. The first kappa shape index (κ1) is 14.9. The fourth-order valence-electron chi connectivity index (χ4n) is 1.88. The van der Waals surface area contributed by atoms with Crippen molar-refractivity contribution in [1.29, 1.82) is 0 Å². The molecule has 0 saturated carbocycles. The van der Waals surface area contributed by atoms with Crippen LogP contribution in [0.25, 0.3) is 6.08 Å². The van der Waals surface area contributed by atoms with Crippen molar-refractivity contribution in [3.8, 4) is 11.5 Å². The van der Waals surface area contributed by atoms with E-state index in [1.165, 1.54) is 13.2 Å². The van der Waals surface area contributed by atoms with Crippen molar-refractivity contribution < 1.29 is 28.5 Å². The number of hydrogen-bond acceptors (Lipinski definition) is 6. The van der Waals surface area contributed by atoms with Crippen LogP contribution in [0.1, 0.15) is 12.0 Å². The molecule has 0 amide bonds. The lowest BCUT2D eigenvalue weighted by molar-refractivity contribution is -0.156. The fourth-order valence-corrected chi connectivity index (χ4v) is 1.88. The van der Waals surface area contributed by atoms with E-state index in [9.17, 15) is 9.59 Å². The molecule has 6 heteroatoms. The molecule has 2 rings (SSSR count). The number of ether oxygens (including phenoxy) is 4. The Labute approximate surface area is 122 Å². The zero-order valence-electron chi connectivity index (χ0n) is 11.8. The summed E-state index contributed by atoms with van der Waals surface area (Å²) in [5.74, 6) is 0.0785. The van der Waals surface area contributed by atoms with Crippen LogP contribution in [0.4, 0.5) is 0 Å². The Balaban J connectivity index is 2.00. The van der Waals surface area contributed by atoms with Crippen LogP contribution in [0, 0.1) is 0 Å². The van der Waals surface area contributed by atoms with E-state index in [0.717, 1.165) is 5.56 Å². The first-order valence-electron chi connectivity index (χ1n) is 6.41. The van der Waals surface area contributed by atoms with Crippen molar-refractivity contribution in [2.45, 2.75) is 12.5 Å². The quantitative estimate of drug-likeness (QED) is 0.606. The van der Waals surface area contributed by atoms with E-state index in [4.69, 9.17) is 18.9 Å². The van der Waals surface area contributed by atoms with E-state index in [1.807, 2.05) is 0 Å². The molecular weight excluding hydrogens is 276 g/mol. The minimum absolute atomic E-state index is 0.288. The number of rotatable bonds is 5. The Hall–Kier alpha value is -2.50. The molecule has 1 aliphatic rings. The van der Waals surface area contributed by atoms with E-state index in [1.54, 1.807) is 31.4 Å². The highest BCUT2D eigenvalue weighted by Crippen LogP contribution is 2.27. The zero-order chi connectivity index (χ0) is 15.2. The van der Waals surface area contributed by atoms with E-state index >= 15 is 0 Å². The van der Waals surface area contributed by atoms with E-state index in [-0.39, 0.29) is 6.61 Å². The van der Waals surface area contributed by atoms with Gasteiger partial charge in [0.25, 0.3) is 0 Å². The summed E-state index contributed by atoms with van der Waals surface area (Å²) in [6.07, 6.45) is 2.43. The Bertz CT molecular complexity index is 563. The fraction of sp³-hybridized carbons (Fsp3) is 0.333. The third-order valence-electron chi connectivity index (χ3n) is 2.97. The number of cyclic esters (lactones) is 1. The molecule has 1 fully saturated rings. The van der Waals surface area contributed by atoms with E-state index in [0.29, 0.717) is 17.9 Å². The molecule has 1 aromatic carbocycles. The topological polar surface area (TPSA) is 71.1 Å². The molecule has 0 spiro atoms. The highest BCUT2D eigenvalue weighted by Gasteiger charge is 2.29. The van der Waals surface area contributed by atoms with Crippen molar-refractivity contribution in [2.75, 3.05) is 20.8 Å². The second-order valence-corrected chi connectivity index (χ2v) is 4.33. The van der Waals surface area contributed by atoms with Crippen molar-refractivity contribution in [2.24, 2.45) is 0 Å². The first-order chi connectivity index (χ1) is 10.1. The molecule has 21 heavy (non-hydrogen) atoms. The molecule has 1 aliphatic heterocycles. The molecule has 0 radical (unpaired) electrons. The maximum absolute atomic E-state index is 11.6. The lowest BCUT2D eigenvalue weighted by Crippen LogP contribution is -2.21. The average molecular weight is 292 g/mol. The smallest absolute Gasteiger partial charge is 0.347 e. The second kappa shape index (κ2) is 6.78. The second-order valence-electron chi connectivity index (χ2n) is 4.33. The van der Waals surface area contributed by atoms with Crippen molar-refractivity contribution in [1.82, 2.24) is 0 Å². The third kappa shape index (κ3) is 3.75. The summed E-state index contributed by atoms with van der Waals surface area (Å²) in [7, 11) is 3.08. The summed E-state index contributed by atoms with van der Waals surface area (Å²) < 4.78 is 20.0. The summed E-state index contributed by atoms with van der Waals surface area (Å²) in [4.78, 5) is 22.8. The standard InChI is InChI=1S/C15H16O6/c1-18-11-5-3-10(9-13(11)19-2)4-6-14(16)21-12-7-8-20-15(12)17/h3-6,9,12H,7-8H2,1-2H3. The number of carbonyl (C=O) groups is 2. The first-order valence-corrected chi connectivity index (χ1v) is 6.41. The van der Waals surface area contributed by atoms with Gasteiger partial charge >= 0.3 is 11.9 Å². The van der Waals surface area contributed by atoms with Crippen LogP contribution in [-0.4, -0.2) is 38.9 Å². The zero-order valence-corrected chi connectivity index (χ0v) is 11.8. The number of benzene rings is 1. The predicted octanol–water partition coefficient (Wildman–Crippen LogP) is 1.58. The Kier molecular flexibility index (Phi) is 4.81. The molecule has 1 unspecified atom stereocenters. The van der Waals surface area contributed by atoms with Gasteiger partial charge in [-0.05, 0) is 23.8 Å². The van der Waals surface area contributed by atoms with Gasteiger partial charge in [-0.25, -0.2) is 9.59 Å². The monoisotopic (exact) mass is 292 g/mol. The lowest BCUT2D eigenvalue weighted by Gasteiger charge is -2.08. The highest BCUT2D eigenvalue weighted by molar-refractivity contribution is 5.89. The number of methoxy groups -OCH3 is 2. The van der Waals surface area contributed by atoms with Gasteiger partial charge in [-0.2, -0.15) is 0 Å². The van der Waals surface area contributed by atoms with Gasteiger partial charge in [0.2, 0.25) is 6.10 Å². The molecule has 1 heterocycles. The maximum atomic E-state index is 11.6. The van der Waals surface area contributed by atoms with Crippen LogP contribution in [-0.2, 0) is 19.1 Å². The van der Waals surface area contributed by atoms with Crippen molar-refractivity contribution >= 4 is 18.0 Å². The molecule has 0 bridgehead atoms. The van der Waals surface area contributed by atoms with Crippen molar-refractivity contribution in [3.63, 3.8) is 0 Å². The van der Waals surface area contributed by atoms with E-state index < -0.39 is 18.0 Å². The molecule has 6 nitrogen and oxygen atoms in total. The molecule has 1 atom stereocenters. The van der Waals surface area contributed by atoms with Crippen LogP contribution < -0.4 is 9.47 Å². The summed E-state index contributed by atoms with van der Waals surface area (Å²) in [5, 5.41) is 0. The van der Waals surface area contributed by atoms with Gasteiger partial charge in [0, 0.05) is 12.5 Å². The van der Waals surface area contributed by atoms with Crippen LogP contribution in [0.5, 0.6) is 11.5 Å². The normalized spacial score (nSPS) is 17.6. The van der Waals surface area contributed by atoms with Gasteiger partial charge in [-0.1, -0.05) is 6.07 Å². The van der Waals surface area contributed by atoms with Crippen molar-refractivity contribution in [3.05, 3.63) is 29.8 Å². The minimum Gasteiger partial charge on any atom is -0.493 e. The third-order valence-corrected chi connectivity index (χ3v) is 2.97. The Morgan fingerprint density at radius 3 is 2.67 bits per heavy atom. The summed E-state index contributed by atoms with van der Waals surface area (Å²) >= 11 is 0. The molecule has 112 valence electrons. The molecule has 0 aromatic heterocycles. The van der Waals surface area contributed by atoms with E-state index in [2.05, 4.69) is 0 Å². The molecule has 1 saturated heterocycles. The molecule has 1 aromatic rings. The highest BCUT2D eigenvalue weighted by atomic mass is 16.6. The molecule has 0 N–H and O–H groups in total. The summed E-state index contributed by atoms with van der Waals surface area (Å²) in [6.45, 7) is 0.288. The van der Waals surface area contributed by atoms with Crippen LogP contribution in [0.3, 0.4) is 0 Å². The largest absolute Gasteiger partial charge is 0.493 e. The van der Waals surface area contributed by atoms with Gasteiger partial charge < -0.3 is 18.9 Å². The lowest BCUT2D eigenvalue weighted by atomic mass is 10.2. The summed E-state index contributed by atoms with van der Waals surface area (Å²) in [5.41, 5.74) is 0.749. The minimum atomic E-state index is -0.799. The predicted molar refractivity (Wildman–Crippen MR) is 74.0 cm³/mol. The van der Waals surface area contributed by atoms with Gasteiger partial charge in [0.1, 0.15) is 0 Å². The van der Waals surface area contributed by atoms with Gasteiger partial charge in [-0.3, -0.25) is 0 Å². The average Bonchev–Trinajstić information content (AvgIpc) is 2.90. The van der Waals surface area contributed by atoms with Crippen LogP contribution in [0.15, 0.2) is 24.3 Å². The SMILES string of the molecule is COc1ccc(C=CC(=O)OC2CCOC2=O)cc1OC. The number of hydrogen-bond donors (Lipinski definition) is 0. The molecular formula is C15H16O6. The van der Waals surface area contributed by atoms with Crippen LogP contribution in [0.2, 0.25) is 0 Å². The summed E-state index contributed by atoms with van der Waals surface area (Å²) in [6, 6.07) is 5.24. The van der Waals surface area contributed by atoms with Gasteiger partial charge in [0.05, 0.1) is 20.8 Å². The number of carbonyl (C=O) groups excluding carboxylic acids is 2. The van der Waals surface area contributed by atoms with Gasteiger partial charge in [0.15, 0.2) is 11.5 Å². The maximum Gasteiger partial charge on any atom is 0.347 e. The Morgan fingerprint density at radius 2 is 2.05 bits per heavy atom. The molecule has 0 aliphatic carbocycles. The van der Waals surface area contributed by atoms with Crippen LogP contribution >= 0.6 is 0 Å². The van der Waals surface area contributed by atoms with Gasteiger partial charge in [-0.15, -0.1) is 0 Å².